The molecule has 0 bridgehead atoms. The van der Waals surface area contributed by atoms with Gasteiger partial charge >= 0.3 is 0 Å². The highest BCUT2D eigenvalue weighted by Gasteiger charge is 2.14. The van der Waals surface area contributed by atoms with Gasteiger partial charge in [0.05, 0.1) is 16.8 Å². The average molecular weight is 332 g/mol. The molecule has 3 rings (SSSR count). The van der Waals surface area contributed by atoms with E-state index in [1.54, 1.807) is 6.07 Å². The van der Waals surface area contributed by atoms with Crippen LogP contribution < -0.4 is 11.5 Å². The lowest BCUT2D eigenvalue weighted by molar-refractivity contribution is 0.100. The third-order valence-corrected chi connectivity index (χ3v) is 4.03. The molecule has 0 aliphatic rings. The second kappa shape index (κ2) is 6.73. The molecule has 0 radical (unpaired) electrons. The van der Waals surface area contributed by atoms with Crippen molar-refractivity contribution in [2.45, 2.75) is 19.8 Å². The number of aromatic nitrogens is 1. The third kappa shape index (κ3) is 3.50. The summed E-state index contributed by atoms with van der Waals surface area (Å²) in [7, 11) is 0. The number of hydrogen-bond donors (Lipinski definition) is 2. The van der Waals surface area contributed by atoms with E-state index >= 15 is 0 Å². The molecule has 5 nitrogen and oxygen atoms in total. The second-order valence-electron chi connectivity index (χ2n) is 6.19. The van der Waals surface area contributed by atoms with Crippen LogP contribution in [0.5, 0.6) is 0 Å². The maximum Gasteiger partial charge on any atom is 0.280 e. The van der Waals surface area contributed by atoms with Crippen molar-refractivity contribution in [3.63, 3.8) is 0 Å². The van der Waals surface area contributed by atoms with Crippen molar-refractivity contribution in [3.8, 4) is 11.3 Å². The zero-order valence-electron chi connectivity index (χ0n) is 14.2. The van der Waals surface area contributed by atoms with Crippen LogP contribution in [-0.4, -0.2) is 16.9 Å². The summed E-state index contributed by atoms with van der Waals surface area (Å²) in [4.78, 5) is 20.8. The van der Waals surface area contributed by atoms with E-state index in [2.05, 4.69) is 31.0 Å². The molecule has 0 saturated heterocycles. The fraction of sp³-hybridized carbons (Fsp3) is 0.150. The molecule has 3 aromatic rings. The Bertz CT molecular complexity index is 972. The number of carbonyl (C=O) groups excluding carboxylic acids is 1. The highest BCUT2D eigenvalue weighted by Crippen LogP contribution is 2.27. The topological polar surface area (TPSA) is 94.4 Å². The van der Waals surface area contributed by atoms with Crippen LogP contribution in [0, 0.1) is 0 Å². The third-order valence-electron chi connectivity index (χ3n) is 4.03. The summed E-state index contributed by atoms with van der Waals surface area (Å²) in [5, 5.41) is 0.723. The van der Waals surface area contributed by atoms with Gasteiger partial charge in [-0.3, -0.25) is 4.79 Å². The van der Waals surface area contributed by atoms with Gasteiger partial charge in [0.25, 0.3) is 5.91 Å². The molecule has 126 valence electrons. The summed E-state index contributed by atoms with van der Waals surface area (Å²) in [5.74, 6) is -0.322. The number of fused-ring (bicyclic) bond motifs is 1. The molecule has 5 heteroatoms. The van der Waals surface area contributed by atoms with Gasteiger partial charge in [-0.15, -0.1) is 0 Å². The Kier molecular flexibility index (Phi) is 4.48. The number of guanidine groups is 1. The number of hydrogen-bond acceptors (Lipinski definition) is 2. The predicted molar refractivity (Wildman–Crippen MR) is 101 cm³/mol. The highest BCUT2D eigenvalue weighted by molar-refractivity contribution is 6.10. The second-order valence-corrected chi connectivity index (χ2v) is 6.19. The fourth-order valence-corrected chi connectivity index (χ4v) is 2.73. The van der Waals surface area contributed by atoms with E-state index in [9.17, 15) is 4.79 Å². The van der Waals surface area contributed by atoms with Crippen LogP contribution >= 0.6 is 0 Å². The van der Waals surface area contributed by atoms with Crippen LogP contribution in [0.1, 0.15) is 35.7 Å². The fourth-order valence-electron chi connectivity index (χ4n) is 2.73. The van der Waals surface area contributed by atoms with Crippen LogP contribution in [0.4, 0.5) is 0 Å². The van der Waals surface area contributed by atoms with Gasteiger partial charge in [-0.1, -0.05) is 50.2 Å². The molecule has 25 heavy (non-hydrogen) atoms. The number of carbonyl (C=O) groups is 1. The molecule has 4 N–H and O–H groups in total. The Morgan fingerprint density at radius 3 is 2.52 bits per heavy atom. The van der Waals surface area contributed by atoms with Crippen LogP contribution in [0.2, 0.25) is 0 Å². The van der Waals surface area contributed by atoms with Gasteiger partial charge in [0.15, 0.2) is 5.96 Å². The number of aliphatic imine (C=N–C) groups is 1. The van der Waals surface area contributed by atoms with E-state index in [4.69, 9.17) is 16.5 Å². The summed E-state index contributed by atoms with van der Waals surface area (Å²) in [6.07, 6.45) is 0. The molecule has 0 saturated carbocycles. The quantitative estimate of drug-likeness (QED) is 0.567. The number of rotatable bonds is 3. The number of nitrogens with two attached hydrogens (primary N) is 2. The minimum Gasteiger partial charge on any atom is -0.370 e. The lowest BCUT2D eigenvalue weighted by Gasteiger charge is -2.10. The Morgan fingerprint density at radius 2 is 1.80 bits per heavy atom. The van der Waals surface area contributed by atoms with E-state index in [1.165, 1.54) is 5.56 Å². The van der Waals surface area contributed by atoms with Gasteiger partial charge in [0.2, 0.25) is 0 Å². The Balaban J connectivity index is 2.22. The normalized spacial score (nSPS) is 10.8. The van der Waals surface area contributed by atoms with Crippen molar-refractivity contribution in [3.05, 3.63) is 65.7 Å². The first-order chi connectivity index (χ1) is 12.0. The molecular weight excluding hydrogens is 312 g/mol. The smallest absolute Gasteiger partial charge is 0.280 e. The number of para-hydroxylation sites is 1. The van der Waals surface area contributed by atoms with Crippen LogP contribution in [0.3, 0.4) is 0 Å². The summed E-state index contributed by atoms with van der Waals surface area (Å²) < 4.78 is 0. The van der Waals surface area contributed by atoms with Gasteiger partial charge in [-0.2, -0.15) is 4.99 Å². The minimum absolute atomic E-state index is 0.255. The Labute approximate surface area is 146 Å². The molecule has 2 aromatic carbocycles. The standard InChI is InChI=1S/C20H20N4O/c1-12(2)13-6-5-7-14(10-13)18-11-16(19(25)24-20(21)22)15-8-3-4-9-17(15)23-18/h3-12H,1-2H3,(H4,21,22,24,25). The number of benzene rings is 2. The highest BCUT2D eigenvalue weighted by atomic mass is 16.1. The van der Waals surface area contributed by atoms with Gasteiger partial charge in [-0.05, 0) is 29.7 Å². The largest absolute Gasteiger partial charge is 0.370 e. The van der Waals surface area contributed by atoms with E-state index in [0.29, 0.717) is 11.5 Å². The van der Waals surface area contributed by atoms with Crippen LogP contribution in [-0.2, 0) is 0 Å². The summed E-state index contributed by atoms with van der Waals surface area (Å²) in [6.45, 7) is 4.28. The van der Waals surface area contributed by atoms with Crippen LogP contribution in [0.15, 0.2) is 59.6 Å². The molecule has 0 aliphatic heterocycles. The maximum absolute atomic E-state index is 12.5. The molecular formula is C20H20N4O. The summed E-state index contributed by atoms with van der Waals surface area (Å²) >= 11 is 0. The Morgan fingerprint density at radius 1 is 1.04 bits per heavy atom. The molecule has 0 aliphatic carbocycles. The number of nitrogens with zero attached hydrogens (tertiary/aromatic N) is 2. The summed E-state index contributed by atoms with van der Waals surface area (Å²) in [5.41, 5.74) is 14.8. The van der Waals surface area contributed by atoms with E-state index < -0.39 is 5.91 Å². The molecule has 1 heterocycles. The van der Waals surface area contributed by atoms with E-state index in [1.807, 2.05) is 36.4 Å². The minimum atomic E-state index is -0.472. The van der Waals surface area contributed by atoms with Crippen molar-refractivity contribution >= 4 is 22.8 Å². The lowest BCUT2D eigenvalue weighted by atomic mass is 9.98. The first-order valence-corrected chi connectivity index (χ1v) is 8.10. The molecule has 0 atom stereocenters. The zero-order valence-corrected chi connectivity index (χ0v) is 14.2. The Hall–Kier alpha value is -3.21. The first kappa shape index (κ1) is 16.6. The molecule has 0 spiro atoms. The monoisotopic (exact) mass is 332 g/mol. The van der Waals surface area contributed by atoms with Gasteiger partial charge in [0.1, 0.15) is 0 Å². The summed E-state index contributed by atoms with van der Waals surface area (Å²) in [6, 6.07) is 17.4. The van der Waals surface area contributed by atoms with Gasteiger partial charge < -0.3 is 11.5 Å². The predicted octanol–water partition coefficient (Wildman–Crippen LogP) is 3.44. The molecule has 0 fully saturated rings. The van der Waals surface area contributed by atoms with E-state index in [-0.39, 0.29) is 5.96 Å². The van der Waals surface area contributed by atoms with Crippen LogP contribution in [0.25, 0.3) is 22.2 Å². The van der Waals surface area contributed by atoms with Crippen molar-refractivity contribution in [1.29, 1.82) is 0 Å². The maximum atomic E-state index is 12.5. The average Bonchev–Trinajstić information content (AvgIpc) is 2.60. The molecule has 1 aromatic heterocycles. The zero-order chi connectivity index (χ0) is 18.0. The number of pyridine rings is 1. The van der Waals surface area contributed by atoms with Crippen molar-refractivity contribution < 1.29 is 4.79 Å². The molecule has 0 unspecified atom stereocenters. The van der Waals surface area contributed by atoms with Crippen molar-refractivity contribution in [1.82, 2.24) is 4.98 Å². The van der Waals surface area contributed by atoms with E-state index in [0.717, 1.165) is 22.2 Å². The lowest BCUT2D eigenvalue weighted by Crippen LogP contribution is -2.24. The van der Waals surface area contributed by atoms with Gasteiger partial charge in [-0.25, -0.2) is 4.98 Å². The SMILES string of the molecule is CC(C)c1cccc(-c2cc(C(=O)N=C(N)N)c3ccccc3n2)c1. The number of amides is 1. The van der Waals surface area contributed by atoms with Gasteiger partial charge in [0, 0.05) is 10.9 Å². The molecule has 1 amide bonds. The first-order valence-electron chi connectivity index (χ1n) is 8.10. The van der Waals surface area contributed by atoms with Crippen molar-refractivity contribution in [2.75, 3.05) is 0 Å². The van der Waals surface area contributed by atoms with Crippen molar-refractivity contribution in [2.24, 2.45) is 16.5 Å².